The van der Waals surface area contributed by atoms with Crippen LogP contribution >= 0.6 is 0 Å². The van der Waals surface area contributed by atoms with Crippen molar-refractivity contribution in [1.29, 1.82) is 0 Å². The minimum Gasteiger partial charge on any atom is -0.464 e. The number of benzene rings is 2. The second kappa shape index (κ2) is 16.1. The summed E-state index contributed by atoms with van der Waals surface area (Å²) in [4.78, 5) is 33.3. The van der Waals surface area contributed by atoms with Crippen LogP contribution in [-0.2, 0) is 23.2 Å². The number of rotatable bonds is 4. The maximum atomic E-state index is 11.5. The van der Waals surface area contributed by atoms with Crippen molar-refractivity contribution in [2.24, 2.45) is 5.84 Å². The van der Waals surface area contributed by atoms with E-state index in [0.717, 1.165) is 32.3 Å². The Kier molecular flexibility index (Phi) is 14.4. The SMILES string of the molecule is CNC(=O)N(Cc1ccc(C)c(C)c1)NC(=O)O.CNC(=O)N(N)Cc1ccc(C)c(C)c1.CS(=O)(=O)O. The smallest absolute Gasteiger partial charge is 0.423 e. The Balaban J connectivity index is 0.000000619. The lowest BCUT2D eigenvalue weighted by atomic mass is 10.1. The van der Waals surface area contributed by atoms with Crippen LogP contribution in [0, 0.1) is 27.7 Å². The predicted octanol–water partition coefficient (Wildman–Crippen LogP) is 2.45. The Labute approximate surface area is 223 Å². The summed E-state index contributed by atoms with van der Waals surface area (Å²) in [6, 6.07) is 11.0. The van der Waals surface area contributed by atoms with Crippen LogP contribution in [0.4, 0.5) is 14.4 Å². The molecule has 0 heterocycles. The molecule has 0 unspecified atom stereocenters. The zero-order valence-corrected chi connectivity index (χ0v) is 23.5. The van der Waals surface area contributed by atoms with Gasteiger partial charge in [-0.3, -0.25) is 9.56 Å². The van der Waals surface area contributed by atoms with Gasteiger partial charge in [0, 0.05) is 14.1 Å². The molecular formula is C24H38N6O7S. The number of hydrogen-bond donors (Lipinski definition) is 6. The van der Waals surface area contributed by atoms with Crippen molar-refractivity contribution in [3.63, 3.8) is 0 Å². The van der Waals surface area contributed by atoms with Gasteiger partial charge in [-0.2, -0.15) is 8.42 Å². The van der Waals surface area contributed by atoms with E-state index in [1.165, 1.54) is 18.2 Å². The minimum atomic E-state index is -3.67. The molecule has 0 aromatic heterocycles. The first-order chi connectivity index (χ1) is 17.5. The van der Waals surface area contributed by atoms with Gasteiger partial charge >= 0.3 is 18.2 Å². The Morgan fingerprint density at radius 3 is 1.55 bits per heavy atom. The fourth-order valence-electron chi connectivity index (χ4n) is 2.81. The van der Waals surface area contributed by atoms with E-state index in [4.69, 9.17) is 15.5 Å². The van der Waals surface area contributed by atoms with Gasteiger partial charge in [0.15, 0.2) is 0 Å². The van der Waals surface area contributed by atoms with Crippen LogP contribution in [0.15, 0.2) is 36.4 Å². The van der Waals surface area contributed by atoms with Gasteiger partial charge in [-0.15, -0.1) is 0 Å². The molecule has 2 aromatic carbocycles. The van der Waals surface area contributed by atoms with Crippen LogP contribution in [0.2, 0.25) is 0 Å². The predicted molar refractivity (Wildman–Crippen MR) is 145 cm³/mol. The second-order valence-corrected chi connectivity index (χ2v) is 9.78. The van der Waals surface area contributed by atoms with E-state index >= 15 is 0 Å². The minimum absolute atomic E-state index is 0.174. The Morgan fingerprint density at radius 2 is 1.21 bits per heavy atom. The molecule has 0 spiro atoms. The van der Waals surface area contributed by atoms with E-state index in [0.29, 0.717) is 12.8 Å². The molecule has 38 heavy (non-hydrogen) atoms. The fourth-order valence-corrected chi connectivity index (χ4v) is 2.81. The highest BCUT2D eigenvalue weighted by atomic mass is 32.2. The summed E-state index contributed by atoms with van der Waals surface area (Å²) in [5.74, 6) is 5.57. The van der Waals surface area contributed by atoms with Crippen molar-refractivity contribution in [1.82, 2.24) is 26.1 Å². The molecule has 0 bridgehead atoms. The molecular weight excluding hydrogens is 516 g/mol. The van der Waals surface area contributed by atoms with E-state index in [1.807, 2.05) is 57.2 Å². The summed E-state index contributed by atoms with van der Waals surface area (Å²) < 4.78 is 25.9. The first-order valence-electron chi connectivity index (χ1n) is 11.3. The van der Waals surface area contributed by atoms with Gasteiger partial charge in [0.1, 0.15) is 0 Å². The first kappa shape index (κ1) is 34.1. The highest BCUT2D eigenvalue weighted by Crippen LogP contribution is 2.12. The largest absolute Gasteiger partial charge is 0.464 e. The standard InChI is InChI=1S/C12H17N3O3.C11H17N3O.CH4O3S/c1-8-4-5-10(6-9(8)2)7-15(11(16)13-3)14-12(17)18;1-8-4-5-10(6-9(8)2)7-14(12)11(15)13-3;1-5(2,3)4/h4-6,14H,7H2,1-3H3,(H,13,16)(H,17,18);4-6H,7,12H2,1-3H3,(H,13,15);1H3,(H,2,3,4). The van der Waals surface area contributed by atoms with Crippen LogP contribution in [0.1, 0.15) is 33.4 Å². The number of carboxylic acid groups (broad SMARTS) is 1. The van der Waals surface area contributed by atoms with Crippen LogP contribution in [0.3, 0.4) is 0 Å². The Hall–Kier alpha value is -3.88. The molecule has 0 aliphatic rings. The van der Waals surface area contributed by atoms with Crippen molar-refractivity contribution >= 4 is 28.3 Å². The lowest BCUT2D eigenvalue weighted by Gasteiger charge is -2.21. The van der Waals surface area contributed by atoms with Crippen LogP contribution in [-0.4, -0.2) is 66.6 Å². The average Bonchev–Trinajstić information content (AvgIpc) is 2.81. The highest BCUT2D eigenvalue weighted by molar-refractivity contribution is 7.85. The van der Waals surface area contributed by atoms with Gasteiger partial charge < -0.3 is 15.7 Å². The van der Waals surface area contributed by atoms with Crippen molar-refractivity contribution in [3.05, 3.63) is 69.8 Å². The number of nitrogens with zero attached hydrogens (tertiary/aromatic N) is 2. The van der Waals surface area contributed by atoms with Crippen molar-refractivity contribution in [2.45, 2.75) is 40.8 Å². The summed E-state index contributed by atoms with van der Waals surface area (Å²) in [5, 5.41) is 15.7. The summed E-state index contributed by atoms with van der Waals surface area (Å²) in [7, 11) is -0.665. The molecule has 0 atom stereocenters. The molecule has 7 N–H and O–H groups in total. The van der Waals surface area contributed by atoms with E-state index in [1.54, 1.807) is 7.05 Å². The summed E-state index contributed by atoms with van der Waals surface area (Å²) in [6.07, 6.45) is -0.560. The lowest BCUT2D eigenvalue weighted by Crippen LogP contribution is -2.48. The van der Waals surface area contributed by atoms with Crippen molar-refractivity contribution in [3.8, 4) is 0 Å². The summed E-state index contributed by atoms with van der Waals surface area (Å²) in [6.45, 7) is 8.64. The highest BCUT2D eigenvalue weighted by Gasteiger charge is 2.15. The van der Waals surface area contributed by atoms with E-state index < -0.39 is 22.2 Å². The number of hydrogen-bond acceptors (Lipinski definition) is 6. The van der Waals surface area contributed by atoms with E-state index in [9.17, 15) is 22.8 Å². The molecule has 212 valence electrons. The zero-order valence-electron chi connectivity index (χ0n) is 22.7. The van der Waals surface area contributed by atoms with Gasteiger partial charge in [-0.25, -0.2) is 30.7 Å². The molecule has 0 fully saturated rings. The number of urea groups is 2. The molecule has 13 nitrogen and oxygen atoms in total. The van der Waals surface area contributed by atoms with Crippen LogP contribution < -0.4 is 21.9 Å². The first-order valence-corrected chi connectivity index (χ1v) is 13.1. The maximum absolute atomic E-state index is 11.5. The lowest BCUT2D eigenvalue weighted by molar-refractivity contribution is 0.140. The van der Waals surface area contributed by atoms with Gasteiger partial charge in [-0.05, 0) is 61.1 Å². The molecule has 0 radical (unpaired) electrons. The summed E-state index contributed by atoms with van der Waals surface area (Å²) >= 11 is 0. The van der Waals surface area contributed by atoms with Gasteiger partial charge in [0.25, 0.3) is 10.1 Å². The quantitative estimate of drug-likeness (QED) is 0.143. The number of aryl methyl sites for hydroxylation is 4. The number of carbonyl (C=O) groups excluding carboxylic acids is 2. The third kappa shape index (κ3) is 14.6. The van der Waals surface area contributed by atoms with E-state index in [-0.39, 0.29) is 12.6 Å². The van der Waals surface area contributed by atoms with E-state index in [2.05, 4.69) is 23.0 Å². The maximum Gasteiger partial charge on any atom is 0.423 e. The molecule has 14 heteroatoms. The topological polar surface area (TPSA) is 194 Å². The third-order valence-electron chi connectivity index (χ3n) is 5.00. The van der Waals surface area contributed by atoms with Crippen LogP contribution in [0.5, 0.6) is 0 Å². The molecule has 2 aromatic rings. The number of nitrogens with two attached hydrogens (primary N) is 1. The van der Waals surface area contributed by atoms with Crippen molar-refractivity contribution < 1.29 is 32.5 Å². The van der Waals surface area contributed by atoms with Gasteiger partial charge in [0.2, 0.25) is 0 Å². The number of carbonyl (C=O) groups is 3. The molecule has 0 aliphatic heterocycles. The third-order valence-corrected chi connectivity index (χ3v) is 5.00. The Morgan fingerprint density at radius 1 is 0.816 bits per heavy atom. The monoisotopic (exact) mass is 554 g/mol. The molecule has 0 saturated heterocycles. The molecule has 5 amide bonds. The fraction of sp³-hybridized carbons (Fsp3) is 0.375. The average molecular weight is 555 g/mol. The zero-order chi connectivity index (χ0) is 29.6. The molecule has 0 saturated carbocycles. The number of nitrogens with one attached hydrogen (secondary N) is 3. The normalized spacial score (nSPS) is 10.0. The number of amides is 5. The number of hydrazine groups is 2. The van der Waals surface area contributed by atoms with Gasteiger partial charge in [-0.1, -0.05) is 36.4 Å². The van der Waals surface area contributed by atoms with Crippen molar-refractivity contribution in [2.75, 3.05) is 20.4 Å². The molecule has 2 rings (SSSR count). The second-order valence-electron chi connectivity index (χ2n) is 8.31. The van der Waals surface area contributed by atoms with Crippen LogP contribution in [0.25, 0.3) is 0 Å². The Bertz CT molecular complexity index is 1200. The molecule has 0 aliphatic carbocycles. The van der Waals surface area contributed by atoms with Gasteiger partial charge in [0.05, 0.1) is 19.3 Å². The summed E-state index contributed by atoms with van der Waals surface area (Å²) in [5.41, 5.74) is 8.63.